The number of sulfonamides is 1. The van der Waals surface area contributed by atoms with Crippen LogP contribution in [0.2, 0.25) is 0 Å². The number of fused-ring (bicyclic) bond motifs is 1. The van der Waals surface area contributed by atoms with Crippen molar-refractivity contribution in [3.8, 4) is 0 Å². The molecule has 2 N–H and O–H groups in total. The Hall–Kier alpha value is -3.17. The number of anilines is 2. The molecule has 0 bridgehead atoms. The van der Waals surface area contributed by atoms with Gasteiger partial charge in [0.05, 0.1) is 17.6 Å². The average Bonchev–Trinajstić information content (AvgIpc) is 3.35. The standard InChI is InChI=1S/C22H20N2O5S2/c1-29-22(26)19-17-8-5-9-18(17)30-21(19)23-20(25)14-10-12-15(13-11-14)24-31(27,28)16-6-3-2-4-7-16/h2-4,6-7,10-13,24H,5,8-9H2,1H3,(H,23,25). The van der Waals surface area contributed by atoms with Crippen LogP contribution in [-0.2, 0) is 27.6 Å². The van der Waals surface area contributed by atoms with Gasteiger partial charge in [0.2, 0.25) is 0 Å². The molecule has 3 aromatic rings. The summed E-state index contributed by atoms with van der Waals surface area (Å²) in [5.74, 6) is -0.845. The maximum Gasteiger partial charge on any atom is 0.341 e. The fourth-order valence-electron chi connectivity index (χ4n) is 3.49. The average molecular weight is 457 g/mol. The first kappa shape index (κ1) is 21.1. The van der Waals surface area contributed by atoms with Gasteiger partial charge in [-0.3, -0.25) is 9.52 Å². The number of benzene rings is 2. The summed E-state index contributed by atoms with van der Waals surface area (Å²) >= 11 is 1.40. The van der Waals surface area contributed by atoms with Crippen LogP contribution in [0.3, 0.4) is 0 Å². The molecule has 2 aromatic carbocycles. The van der Waals surface area contributed by atoms with E-state index < -0.39 is 16.0 Å². The van der Waals surface area contributed by atoms with E-state index in [1.165, 1.54) is 54.8 Å². The third-order valence-electron chi connectivity index (χ3n) is 4.99. The highest BCUT2D eigenvalue weighted by Gasteiger charge is 2.28. The molecular formula is C22H20N2O5S2. The van der Waals surface area contributed by atoms with E-state index in [4.69, 9.17) is 4.74 Å². The molecule has 7 nitrogen and oxygen atoms in total. The molecule has 1 aliphatic rings. The van der Waals surface area contributed by atoms with Gasteiger partial charge in [0.15, 0.2) is 0 Å². The zero-order valence-corrected chi connectivity index (χ0v) is 18.3. The number of esters is 1. The van der Waals surface area contributed by atoms with Crippen LogP contribution in [-0.4, -0.2) is 27.4 Å². The van der Waals surface area contributed by atoms with E-state index in [2.05, 4.69) is 10.0 Å². The summed E-state index contributed by atoms with van der Waals surface area (Å²) in [7, 11) is -2.39. The summed E-state index contributed by atoms with van der Waals surface area (Å²) in [6.07, 6.45) is 2.66. The van der Waals surface area contributed by atoms with E-state index in [-0.39, 0.29) is 10.8 Å². The van der Waals surface area contributed by atoms with E-state index in [0.717, 1.165) is 29.7 Å². The maximum atomic E-state index is 12.7. The molecule has 1 aliphatic carbocycles. The Balaban J connectivity index is 1.50. The van der Waals surface area contributed by atoms with Crippen LogP contribution >= 0.6 is 11.3 Å². The number of carbonyl (C=O) groups excluding carboxylic acids is 2. The first-order chi connectivity index (χ1) is 14.9. The summed E-state index contributed by atoms with van der Waals surface area (Å²) in [6.45, 7) is 0. The molecule has 0 unspecified atom stereocenters. The molecule has 160 valence electrons. The van der Waals surface area contributed by atoms with Crippen molar-refractivity contribution in [2.45, 2.75) is 24.2 Å². The topological polar surface area (TPSA) is 102 Å². The largest absolute Gasteiger partial charge is 0.465 e. The molecular weight excluding hydrogens is 436 g/mol. The monoisotopic (exact) mass is 456 g/mol. The number of hydrogen-bond donors (Lipinski definition) is 2. The highest BCUT2D eigenvalue weighted by Crippen LogP contribution is 2.39. The molecule has 0 saturated heterocycles. The molecule has 1 heterocycles. The number of ether oxygens (including phenoxy) is 1. The molecule has 0 fully saturated rings. The summed E-state index contributed by atoms with van der Waals surface area (Å²) < 4.78 is 32.2. The minimum atomic E-state index is -3.71. The Morgan fingerprint density at radius 2 is 1.71 bits per heavy atom. The van der Waals surface area contributed by atoms with Crippen molar-refractivity contribution in [1.82, 2.24) is 0 Å². The van der Waals surface area contributed by atoms with E-state index in [1.807, 2.05) is 0 Å². The molecule has 0 atom stereocenters. The van der Waals surface area contributed by atoms with Crippen LogP contribution in [0.1, 0.15) is 37.6 Å². The highest BCUT2D eigenvalue weighted by atomic mass is 32.2. The Bertz CT molecular complexity index is 1230. The fourth-order valence-corrected chi connectivity index (χ4v) is 5.84. The first-order valence-electron chi connectivity index (χ1n) is 9.61. The quantitative estimate of drug-likeness (QED) is 0.545. The Morgan fingerprint density at radius 3 is 2.39 bits per heavy atom. The number of amides is 1. The van der Waals surface area contributed by atoms with E-state index in [0.29, 0.717) is 21.8 Å². The summed E-state index contributed by atoms with van der Waals surface area (Å²) in [5.41, 5.74) is 2.07. The molecule has 0 spiro atoms. The van der Waals surface area contributed by atoms with Gasteiger partial charge in [-0.15, -0.1) is 11.3 Å². The van der Waals surface area contributed by atoms with Gasteiger partial charge in [0.1, 0.15) is 5.00 Å². The minimum absolute atomic E-state index is 0.151. The lowest BCUT2D eigenvalue weighted by Gasteiger charge is -2.10. The SMILES string of the molecule is COC(=O)c1c(NC(=O)c2ccc(NS(=O)(=O)c3ccccc3)cc2)sc2c1CCC2. The number of rotatable bonds is 6. The van der Waals surface area contributed by atoms with Gasteiger partial charge in [-0.05, 0) is 61.2 Å². The number of hydrogen-bond acceptors (Lipinski definition) is 6. The molecule has 0 radical (unpaired) electrons. The second-order valence-corrected chi connectivity index (χ2v) is 9.79. The Labute approximate surface area is 184 Å². The zero-order chi connectivity index (χ0) is 22.0. The Kier molecular flexibility index (Phi) is 5.79. The smallest absolute Gasteiger partial charge is 0.341 e. The van der Waals surface area contributed by atoms with Gasteiger partial charge in [0.25, 0.3) is 15.9 Å². The summed E-state index contributed by atoms with van der Waals surface area (Å²) in [6, 6.07) is 14.1. The molecule has 1 amide bonds. The molecule has 0 saturated carbocycles. The van der Waals surface area contributed by atoms with Crippen molar-refractivity contribution in [2.75, 3.05) is 17.1 Å². The highest BCUT2D eigenvalue weighted by molar-refractivity contribution is 7.92. The van der Waals surface area contributed by atoms with Crippen LogP contribution in [0.5, 0.6) is 0 Å². The zero-order valence-electron chi connectivity index (χ0n) is 16.7. The second-order valence-electron chi connectivity index (χ2n) is 7.00. The van der Waals surface area contributed by atoms with Crippen molar-refractivity contribution >= 4 is 43.9 Å². The molecule has 4 rings (SSSR count). The fraction of sp³-hybridized carbons (Fsp3) is 0.182. The molecule has 1 aromatic heterocycles. The van der Waals surface area contributed by atoms with Gasteiger partial charge in [-0.1, -0.05) is 18.2 Å². The number of thiophene rings is 1. The van der Waals surface area contributed by atoms with Crippen LogP contribution in [0.4, 0.5) is 10.7 Å². The third-order valence-corrected chi connectivity index (χ3v) is 7.60. The van der Waals surface area contributed by atoms with Crippen LogP contribution < -0.4 is 10.0 Å². The van der Waals surface area contributed by atoms with Crippen molar-refractivity contribution < 1.29 is 22.7 Å². The lowest BCUT2D eigenvalue weighted by molar-refractivity contribution is 0.0601. The maximum absolute atomic E-state index is 12.7. The van der Waals surface area contributed by atoms with Gasteiger partial charge >= 0.3 is 5.97 Å². The van der Waals surface area contributed by atoms with E-state index in [1.54, 1.807) is 18.2 Å². The predicted molar refractivity (Wildman–Crippen MR) is 119 cm³/mol. The lowest BCUT2D eigenvalue weighted by atomic mass is 10.1. The lowest BCUT2D eigenvalue weighted by Crippen LogP contribution is -2.15. The van der Waals surface area contributed by atoms with Gasteiger partial charge in [0, 0.05) is 16.1 Å². The van der Waals surface area contributed by atoms with Crippen LogP contribution in [0.25, 0.3) is 0 Å². The number of carbonyl (C=O) groups is 2. The second kappa shape index (κ2) is 8.52. The van der Waals surface area contributed by atoms with E-state index >= 15 is 0 Å². The first-order valence-corrected chi connectivity index (χ1v) is 11.9. The third kappa shape index (κ3) is 4.33. The van der Waals surface area contributed by atoms with E-state index in [9.17, 15) is 18.0 Å². The Morgan fingerprint density at radius 1 is 1.00 bits per heavy atom. The predicted octanol–water partition coefficient (Wildman–Crippen LogP) is 4.08. The van der Waals surface area contributed by atoms with Crippen LogP contribution in [0, 0.1) is 0 Å². The molecule has 0 aliphatic heterocycles. The number of aryl methyl sites for hydroxylation is 1. The van der Waals surface area contributed by atoms with Crippen molar-refractivity contribution in [2.24, 2.45) is 0 Å². The summed E-state index contributed by atoms with van der Waals surface area (Å²) in [4.78, 5) is 26.2. The van der Waals surface area contributed by atoms with Gasteiger partial charge in [-0.2, -0.15) is 0 Å². The normalized spacial score (nSPS) is 12.8. The van der Waals surface area contributed by atoms with Gasteiger partial charge in [-0.25, -0.2) is 13.2 Å². The molecule has 9 heteroatoms. The van der Waals surface area contributed by atoms with Crippen molar-refractivity contribution in [3.63, 3.8) is 0 Å². The molecule has 31 heavy (non-hydrogen) atoms. The minimum Gasteiger partial charge on any atom is -0.465 e. The van der Waals surface area contributed by atoms with Gasteiger partial charge < -0.3 is 10.1 Å². The summed E-state index contributed by atoms with van der Waals surface area (Å²) in [5, 5.41) is 3.29. The van der Waals surface area contributed by atoms with Crippen molar-refractivity contribution in [3.05, 3.63) is 76.2 Å². The van der Waals surface area contributed by atoms with Crippen LogP contribution in [0.15, 0.2) is 59.5 Å². The van der Waals surface area contributed by atoms with Crippen molar-refractivity contribution in [1.29, 1.82) is 0 Å². The number of nitrogens with one attached hydrogen (secondary N) is 2. The number of methoxy groups -OCH3 is 1.